The molecule has 1 aromatic carbocycles. The number of halogens is 3. The van der Waals surface area contributed by atoms with E-state index in [1.807, 2.05) is 18.4 Å². The molecule has 0 N–H and O–H groups in total. The van der Waals surface area contributed by atoms with Gasteiger partial charge >= 0.3 is 0 Å². The lowest BCUT2D eigenvalue weighted by molar-refractivity contribution is 0.108. The van der Waals surface area contributed by atoms with Crippen LogP contribution in [-0.4, -0.2) is 22.3 Å². The molecule has 3 unspecified atom stereocenters. The number of fused-ring (bicyclic) bond motifs is 1. The van der Waals surface area contributed by atoms with E-state index in [1.165, 1.54) is 6.07 Å². The standard InChI is InChI=1S/C14H15Cl2FN2O/c1-7(15)14-18-11-5-9(16)10(17)6-13(11)19(14)12-3-4-20-8(12)2/h5-8,12H,3-4H2,1-2H3. The van der Waals surface area contributed by atoms with Gasteiger partial charge < -0.3 is 9.30 Å². The lowest BCUT2D eigenvalue weighted by atomic mass is 10.1. The van der Waals surface area contributed by atoms with Crippen molar-refractivity contribution in [2.75, 3.05) is 6.61 Å². The van der Waals surface area contributed by atoms with Crippen LogP contribution in [0.5, 0.6) is 0 Å². The molecule has 0 radical (unpaired) electrons. The molecule has 1 saturated heterocycles. The molecule has 3 atom stereocenters. The van der Waals surface area contributed by atoms with E-state index in [-0.39, 0.29) is 22.5 Å². The van der Waals surface area contributed by atoms with Crippen LogP contribution >= 0.6 is 23.2 Å². The Kier molecular flexibility index (Phi) is 3.65. The van der Waals surface area contributed by atoms with E-state index < -0.39 is 5.82 Å². The number of benzene rings is 1. The molecule has 1 aliphatic rings. The van der Waals surface area contributed by atoms with Crippen molar-refractivity contribution < 1.29 is 9.13 Å². The Morgan fingerprint density at radius 3 is 2.85 bits per heavy atom. The van der Waals surface area contributed by atoms with Gasteiger partial charge in [-0.3, -0.25) is 0 Å². The van der Waals surface area contributed by atoms with Gasteiger partial charge in [-0.05, 0) is 26.3 Å². The highest BCUT2D eigenvalue weighted by Gasteiger charge is 2.30. The summed E-state index contributed by atoms with van der Waals surface area (Å²) in [4.78, 5) is 4.52. The van der Waals surface area contributed by atoms with Gasteiger partial charge in [0.2, 0.25) is 0 Å². The van der Waals surface area contributed by atoms with Gasteiger partial charge in [0, 0.05) is 12.7 Å². The number of ether oxygens (including phenoxy) is 1. The third kappa shape index (κ3) is 2.20. The predicted molar refractivity (Wildman–Crippen MR) is 78.0 cm³/mol. The van der Waals surface area contributed by atoms with Gasteiger partial charge in [-0.25, -0.2) is 9.37 Å². The number of imidazole rings is 1. The summed E-state index contributed by atoms with van der Waals surface area (Å²) < 4.78 is 21.4. The lowest BCUT2D eigenvalue weighted by Gasteiger charge is -2.20. The summed E-state index contributed by atoms with van der Waals surface area (Å²) in [5, 5.41) is -0.191. The molecule has 3 rings (SSSR count). The quantitative estimate of drug-likeness (QED) is 0.764. The largest absolute Gasteiger partial charge is 0.376 e. The van der Waals surface area contributed by atoms with Gasteiger partial charge in [0.25, 0.3) is 0 Å². The molecule has 1 aromatic heterocycles. The molecule has 0 saturated carbocycles. The molecule has 0 amide bonds. The summed E-state index contributed by atoms with van der Waals surface area (Å²) in [5.74, 6) is 0.284. The molecule has 6 heteroatoms. The summed E-state index contributed by atoms with van der Waals surface area (Å²) in [6, 6.07) is 3.10. The molecule has 20 heavy (non-hydrogen) atoms. The highest BCUT2D eigenvalue weighted by Crippen LogP contribution is 2.35. The van der Waals surface area contributed by atoms with Gasteiger partial charge in [0.1, 0.15) is 11.6 Å². The molecule has 1 fully saturated rings. The van der Waals surface area contributed by atoms with Crippen LogP contribution in [-0.2, 0) is 4.74 Å². The van der Waals surface area contributed by atoms with Crippen molar-refractivity contribution in [2.45, 2.75) is 37.8 Å². The van der Waals surface area contributed by atoms with Crippen molar-refractivity contribution in [1.29, 1.82) is 0 Å². The number of nitrogens with zero attached hydrogens (tertiary/aromatic N) is 2. The Hall–Kier alpha value is -0.840. The minimum atomic E-state index is -0.444. The number of hydrogen-bond donors (Lipinski definition) is 0. The third-order valence-corrected chi connectivity index (χ3v) is 4.27. The summed E-state index contributed by atoms with van der Waals surface area (Å²) in [6.45, 7) is 4.56. The Bertz CT molecular complexity index is 656. The molecule has 108 valence electrons. The zero-order valence-electron chi connectivity index (χ0n) is 11.2. The van der Waals surface area contributed by atoms with Gasteiger partial charge in [0.15, 0.2) is 0 Å². The second-order valence-corrected chi connectivity index (χ2v) is 6.20. The van der Waals surface area contributed by atoms with E-state index in [4.69, 9.17) is 27.9 Å². The topological polar surface area (TPSA) is 27.1 Å². The number of rotatable bonds is 2. The van der Waals surface area contributed by atoms with E-state index in [2.05, 4.69) is 4.98 Å². The smallest absolute Gasteiger partial charge is 0.144 e. The molecular weight excluding hydrogens is 302 g/mol. The Balaban J connectivity index is 2.26. The first kappa shape index (κ1) is 14.1. The van der Waals surface area contributed by atoms with Crippen LogP contribution in [0.15, 0.2) is 12.1 Å². The second-order valence-electron chi connectivity index (χ2n) is 5.14. The van der Waals surface area contributed by atoms with Crippen molar-refractivity contribution in [1.82, 2.24) is 9.55 Å². The average Bonchev–Trinajstić information content (AvgIpc) is 2.93. The van der Waals surface area contributed by atoms with Gasteiger partial charge in [-0.2, -0.15) is 0 Å². The first-order valence-corrected chi connectivity index (χ1v) is 7.43. The zero-order valence-corrected chi connectivity index (χ0v) is 12.7. The van der Waals surface area contributed by atoms with Crippen molar-refractivity contribution in [3.05, 3.63) is 28.8 Å². The van der Waals surface area contributed by atoms with Crippen LogP contribution in [0.2, 0.25) is 5.02 Å². The van der Waals surface area contributed by atoms with Gasteiger partial charge in [0.05, 0.1) is 33.6 Å². The first-order valence-electron chi connectivity index (χ1n) is 6.61. The first-order chi connectivity index (χ1) is 9.49. The fraction of sp³-hybridized carbons (Fsp3) is 0.500. The SMILES string of the molecule is CC(Cl)c1nc2cc(Cl)c(F)cc2n1C1CCOC1C. The lowest BCUT2D eigenvalue weighted by Crippen LogP contribution is -2.19. The van der Waals surface area contributed by atoms with E-state index in [0.717, 1.165) is 17.8 Å². The summed E-state index contributed by atoms with van der Waals surface area (Å²) in [5.41, 5.74) is 1.38. The van der Waals surface area contributed by atoms with Crippen molar-refractivity contribution in [2.24, 2.45) is 0 Å². The van der Waals surface area contributed by atoms with Crippen LogP contribution in [0.25, 0.3) is 11.0 Å². The number of hydrogen-bond acceptors (Lipinski definition) is 2. The van der Waals surface area contributed by atoms with Crippen LogP contribution in [0.3, 0.4) is 0 Å². The fourth-order valence-electron chi connectivity index (χ4n) is 2.80. The highest BCUT2D eigenvalue weighted by molar-refractivity contribution is 6.31. The molecule has 1 aliphatic heterocycles. The van der Waals surface area contributed by atoms with Crippen molar-refractivity contribution in [3.63, 3.8) is 0 Å². The molecule has 0 bridgehead atoms. The van der Waals surface area contributed by atoms with Crippen molar-refractivity contribution >= 4 is 34.2 Å². The summed E-state index contributed by atoms with van der Waals surface area (Å²) in [6.07, 6.45) is 0.924. The van der Waals surface area contributed by atoms with Crippen LogP contribution in [0.4, 0.5) is 4.39 Å². The highest BCUT2D eigenvalue weighted by atomic mass is 35.5. The predicted octanol–water partition coefficient (Wildman–Crippen LogP) is 4.48. The van der Waals surface area contributed by atoms with E-state index in [1.54, 1.807) is 6.07 Å². The van der Waals surface area contributed by atoms with E-state index in [9.17, 15) is 4.39 Å². The Labute approximate surface area is 126 Å². The van der Waals surface area contributed by atoms with E-state index in [0.29, 0.717) is 12.1 Å². The molecular formula is C14H15Cl2FN2O. The molecule has 0 spiro atoms. The molecule has 2 aromatic rings. The summed E-state index contributed by atoms with van der Waals surface area (Å²) in [7, 11) is 0. The van der Waals surface area contributed by atoms with E-state index >= 15 is 0 Å². The molecule has 3 nitrogen and oxygen atoms in total. The Morgan fingerprint density at radius 1 is 1.50 bits per heavy atom. The molecule has 2 heterocycles. The maximum Gasteiger partial charge on any atom is 0.144 e. The van der Waals surface area contributed by atoms with Crippen LogP contribution in [0.1, 0.15) is 37.5 Å². The second kappa shape index (κ2) is 5.17. The van der Waals surface area contributed by atoms with Crippen LogP contribution in [0, 0.1) is 5.82 Å². The monoisotopic (exact) mass is 316 g/mol. The number of aromatic nitrogens is 2. The third-order valence-electron chi connectivity index (χ3n) is 3.78. The minimum Gasteiger partial charge on any atom is -0.376 e. The van der Waals surface area contributed by atoms with Crippen molar-refractivity contribution in [3.8, 4) is 0 Å². The fourth-order valence-corrected chi connectivity index (χ4v) is 3.11. The summed E-state index contributed by atoms with van der Waals surface area (Å²) >= 11 is 12.1. The minimum absolute atomic E-state index is 0.0558. The number of alkyl halides is 1. The molecule has 0 aliphatic carbocycles. The average molecular weight is 317 g/mol. The van der Waals surface area contributed by atoms with Crippen LogP contribution < -0.4 is 0 Å². The maximum atomic E-state index is 13.8. The normalized spacial score (nSPS) is 24.4. The maximum absolute atomic E-state index is 13.8. The van der Waals surface area contributed by atoms with Gasteiger partial charge in [-0.15, -0.1) is 11.6 Å². The zero-order chi connectivity index (χ0) is 14.4. The Morgan fingerprint density at radius 2 is 2.25 bits per heavy atom. The van der Waals surface area contributed by atoms with Gasteiger partial charge in [-0.1, -0.05) is 11.6 Å².